The molecule has 0 saturated heterocycles. The zero-order valence-corrected chi connectivity index (χ0v) is 11.8. The van der Waals surface area contributed by atoms with Crippen LogP contribution in [-0.2, 0) is 4.79 Å². The SMILES string of the molecule is NC(=O)c1ccc(NC(=O)[C@H](N)c2ccccc2)cc1Cl. The molecule has 2 rings (SSSR count). The van der Waals surface area contributed by atoms with Crippen molar-refractivity contribution in [2.75, 3.05) is 5.32 Å². The Morgan fingerprint density at radius 2 is 1.76 bits per heavy atom. The molecule has 0 aliphatic carbocycles. The van der Waals surface area contributed by atoms with Gasteiger partial charge in [0.1, 0.15) is 6.04 Å². The van der Waals surface area contributed by atoms with E-state index in [1.54, 1.807) is 30.3 Å². The number of benzene rings is 2. The van der Waals surface area contributed by atoms with E-state index in [9.17, 15) is 9.59 Å². The summed E-state index contributed by atoms with van der Waals surface area (Å²) in [5, 5.41) is 2.82. The van der Waals surface area contributed by atoms with Crippen molar-refractivity contribution >= 4 is 29.1 Å². The highest BCUT2D eigenvalue weighted by Crippen LogP contribution is 2.21. The predicted molar refractivity (Wildman–Crippen MR) is 82.0 cm³/mol. The molecule has 0 fully saturated rings. The first-order valence-corrected chi connectivity index (χ1v) is 6.57. The van der Waals surface area contributed by atoms with Crippen molar-refractivity contribution in [3.63, 3.8) is 0 Å². The third-order valence-electron chi connectivity index (χ3n) is 2.94. The molecule has 0 saturated carbocycles. The molecule has 0 heterocycles. The standard InChI is InChI=1S/C15H14ClN3O2/c16-12-8-10(6-7-11(12)14(18)20)19-15(21)13(17)9-4-2-1-3-5-9/h1-8,13H,17H2,(H2,18,20)(H,19,21)/t13-/m1/s1. The molecule has 0 radical (unpaired) electrons. The van der Waals surface area contributed by atoms with Gasteiger partial charge in [0.2, 0.25) is 11.8 Å². The molecule has 108 valence electrons. The number of hydrogen-bond donors (Lipinski definition) is 3. The Labute approximate surface area is 126 Å². The molecule has 0 aliphatic heterocycles. The van der Waals surface area contributed by atoms with Gasteiger partial charge >= 0.3 is 0 Å². The largest absolute Gasteiger partial charge is 0.366 e. The summed E-state index contributed by atoms with van der Waals surface area (Å²) in [6, 6.07) is 12.7. The number of carbonyl (C=O) groups is 2. The lowest BCUT2D eigenvalue weighted by atomic mass is 10.1. The Morgan fingerprint density at radius 3 is 2.33 bits per heavy atom. The number of halogens is 1. The van der Waals surface area contributed by atoms with Crippen molar-refractivity contribution in [1.29, 1.82) is 0 Å². The number of anilines is 1. The fourth-order valence-corrected chi connectivity index (χ4v) is 2.10. The van der Waals surface area contributed by atoms with Gasteiger partial charge in [-0.25, -0.2) is 0 Å². The molecule has 0 bridgehead atoms. The molecule has 5 nitrogen and oxygen atoms in total. The molecular weight excluding hydrogens is 290 g/mol. The maximum absolute atomic E-state index is 12.1. The van der Waals surface area contributed by atoms with Crippen LogP contribution in [0.1, 0.15) is 22.0 Å². The molecule has 6 heteroatoms. The second kappa shape index (κ2) is 6.39. The Balaban J connectivity index is 2.13. The highest BCUT2D eigenvalue weighted by Gasteiger charge is 2.16. The number of amides is 2. The number of hydrogen-bond acceptors (Lipinski definition) is 3. The second-order valence-electron chi connectivity index (χ2n) is 4.44. The minimum Gasteiger partial charge on any atom is -0.366 e. The van der Waals surface area contributed by atoms with Crippen molar-refractivity contribution in [3.8, 4) is 0 Å². The van der Waals surface area contributed by atoms with E-state index in [4.69, 9.17) is 23.1 Å². The van der Waals surface area contributed by atoms with Gasteiger partial charge in [0.05, 0.1) is 10.6 Å². The molecule has 5 N–H and O–H groups in total. The van der Waals surface area contributed by atoms with Crippen LogP contribution in [0.5, 0.6) is 0 Å². The predicted octanol–water partition coefficient (Wildman–Crippen LogP) is 2.08. The number of nitrogens with one attached hydrogen (secondary N) is 1. The second-order valence-corrected chi connectivity index (χ2v) is 4.84. The van der Waals surface area contributed by atoms with Crippen molar-refractivity contribution in [2.45, 2.75) is 6.04 Å². The van der Waals surface area contributed by atoms with Gasteiger partial charge in [-0.05, 0) is 23.8 Å². The van der Waals surface area contributed by atoms with Crippen molar-refractivity contribution in [3.05, 3.63) is 64.7 Å². The zero-order valence-electron chi connectivity index (χ0n) is 11.0. The van der Waals surface area contributed by atoms with Gasteiger partial charge in [-0.3, -0.25) is 9.59 Å². The average molecular weight is 304 g/mol. The highest BCUT2D eigenvalue weighted by molar-refractivity contribution is 6.34. The monoisotopic (exact) mass is 303 g/mol. The molecule has 0 spiro atoms. The van der Waals surface area contributed by atoms with Crippen molar-refractivity contribution < 1.29 is 9.59 Å². The van der Waals surface area contributed by atoms with E-state index >= 15 is 0 Å². The molecule has 0 aromatic heterocycles. The fraction of sp³-hybridized carbons (Fsp3) is 0.0667. The van der Waals surface area contributed by atoms with Gasteiger partial charge in [0.25, 0.3) is 0 Å². The molecule has 2 amide bonds. The third-order valence-corrected chi connectivity index (χ3v) is 3.26. The smallest absolute Gasteiger partial charge is 0.250 e. The number of primary amides is 1. The van der Waals surface area contributed by atoms with Gasteiger partial charge < -0.3 is 16.8 Å². The normalized spacial score (nSPS) is 11.7. The summed E-state index contributed by atoms with van der Waals surface area (Å²) < 4.78 is 0. The topological polar surface area (TPSA) is 98.2 Å². The summed E-state index contributed by atoms with van der Waals surface area (Å²) in [4.78, 5) is 23.2. The summed E-state index contributed by atoms with van der Waals surface area (Å²) in [6.45, 7) is 0. The first kappa shape index (κ1) is 15.0. The van der Waals surface area contributed by atoms with Gasteiger partial charge in [0.15, 0.2) is 0 Å². The van der Waals surface area contributed by atoms with Crippen LogP contribution in [-0.4, -0.2) is 11.8 Å². The quantitative estimate of drug-likeness (QED) is 0.806. The van der Waals surface area contributed by atoms with E-state index in [1.165, 1.54) is 12.1 Å². The molecule has 0 unspecified atom stereocenters. The van der Waals surface area contributed by atoms with E-state index in [2.05, 4.69) is 5.32 Å². The van der Waals surface area contributed by atoms with E-state index < -0.39 is 11.9 Å². The van der Waals surface area contributed by atoms with Crippen LogP contribution < -0.4 is 16.8 Å². The van der Waals surface area contributed by atoms with Crippen LogP contribution >= 0.6 is 11.6 Å². The van der Waals surface area contributed by atoms with Crippen LogP contribution in [0.3, 0.4) is 0 Å². The van der Waals surface area contributed by atoms with E-state index in [0.29, 0.717) is 11.3 Å². The Hall–Kier alpha value is -2.37. The van der Waals surface area contributed by atoms with Gasteiger partial charge in [0, 0.05) is 5.69 Å². The molecular formula is C15H14ClN3O2. The van der Waals surface area contributed by atoms with Crippen LogP contribution in [0, 0.1) is 0 Å². The van der Waals surface area contributed by atoms with Crippen molar-refractivity contribution in [1.82, 2.24) is 0 Å². The summed E-state index contributed by atoms with van der Waals surface area (Å²) >= 11 is 5.92. The summed E-state index contributed by atoms with van der Waals surface area (Å²) in [6.07, 6.45) is 0. The lowest BCUT2D eigenvalue weighted by Gasteiger charge is -2.13. The number of rotatable bonds is 4. The van der Waals surface area contributed by atoms with E-state index in [0.717, 1.165) is 0 Å². The van der Waals surface area contributed by atoms with Crippen molar-refractivity contribution in [2.24, 2.45) is 11.5 Å². The Kier molecular flexibility index (Phi) is 4.57. The first-order chi connectivity index (χ1) is 9.99. The molecule has 1 atom stereocenters. The summed E-state index contributed by atoms with van der Waals surface area (Å²) in [7, 11) is 0. The third kappa shape index (κ3) is 3.59. The lowest BCUT2D eigenvalue weighted by molar-refractivity contribution is -0.117. The van der Waals surface area contributed by atoms with Gasteiger partial charge in [-0.15, -0.1) is 0 Å². The maximum atomic E-state index is 12.1. The summed E-state index contributed by atoms with van der Waals surface area (Å²) in [5.74, 6) is -0.997. The minimum absolute atomic E-state index is 0.175. The van der Waals surface area contributed by atoms with Crippen LogP contribution in [0.25, 0.3) is 0 Å². The molecule has 0 aliphatic rings. The van der Waals surface area contributed by atoms with Crippen LogP contribution in [0.4, 0.5) is 5.69 Å². The first-order valence-electron chi connectivity index (χ1n) is 6.20. The van der Waals surface area contributed by atoms with Crippen LogP contribution in [0.15, 0.2) is 48.5 Å². The van der Waals surface area contributed by atoms with Crippen LogP contribution in [0.2, 0.25) is 5.02 Å². The minimum atomic E-state index is -0.791. The Morgan fingerprint density at radius 1 is 1.10 bits per heavy atom. The summed E-state index contributed by atoms with van der Waals surface area (Å²) in [5.41, 5.74) is 12.4. The zero-order chi connectivity index (χ0) is 15.4. The maximum Gasteiger partial charge on any atom is 0.250 e. The number of carbonyl (C=O) groups excluding carboxylic acids is 2. The average Bonchev–Trinajstić information content (AvgIpc) is 2.47. The van der Waals surface area contributed by atoms with E-state index in [-0.39, 0.29) is 16.5 Å². The molecule has 2 aromatic rings. The number of nitrogens with two attached hydrogens (primary N) is 2. The van der Waals surface area contributed by atoms with E-state index in [1.807, 2.05) is 6.07 Å². The highest BCUT2D eigenvalue weighted by atomic mass is 35.5. The van der Waals surface area contributed by atoms with Gasteiger partial charge in [-0.1, -0.05) is 41.9 Å². The molecule has 2 aromatic carbocycles. The fourth-order valence-electron chi connectivity index (χ4n) is 1.82. The Bertz CT molecular complexity index is 674. The molecule has 21 heavy (non-hydrogen) atoms. The lowest BCUT2D eigenvalue weighted by Crippen LogP contribution is -2.27. The van der Waals surface area contributed by atoms with Gasteiger partial charge in [-0.2, -0.15) is 0 Å².